The molecule has 30 heavy (non-hydrogen) atoms. The maximum atomic E-state index is 9.41. The molecule has 0 saturated heterocycles. The van der Waals surface area contributed by atoms with Crippen LogP contribution in [-0.4, -0.2) is 32.4 Å². The summed E-state index contributed by atoms with van der Waals surface area (Å²) in [6.07, 6.45) is 2.30. The number of allylic oxidation sites excluding steroid dienone is 2. The van der Waals surface area contributed by atoms with Gasteiger partial charge in [-0.25, -0.2) is 0 Å². The quantitative estimate of drug-likeness (QED) is 0.443. The lowest BCUT2D eigenvalue weighted by molar-refractivity contribution is -0.137. The van der Waals surface area contributed by atoms with Gasteiger partial charge in [-0.3, -0.25) is 9.59 Å². The van der Waals surface area contributed by atoms with Gasteiger partial charge in [-0.2, -0.15) is 0 Å². The van der Waals surface area contributed by atoms with E-state index in [1.807, 2.05) is 24.3 Å². The van der Waals surface area contributed by atoms with E-state index in [1.54, 1.807) is 38.1 Å². The average molecular weight is 417 g/mol. The van der Waals surface area contributed by atoms with Crippen LogP contribution in [0.3, 0.4) is 0 Å². The second-order valence-electron chi connectivity index (χ2n) is 6.25. The summed E-state index contributed by atoms with van der Waals surface area (Å²) in [5.74, 6) is -0.922. The van der Waals surface area contributed by atoms with Crippen molar-refractivity contribution in [3.8, 4) is 11.5 Å². The van der Waals surface area contributed by atoms with Crippen LogP contribution in [-0.2, 0) is 9.59 Å². The molecule has 2 aromatic carbocycles. The van der Waals surface area contributed by atoms with Gasteiger partial charge in [-0.05, 0) is 59.4 Å². The second kappa shape index (κ2) is 14.7. The zero-order valence-corrected chi connectivity index (χ0v) is 18.1. The Balaban J connectivity index is 0.000000702. The molecule has 0 heterocycles. The van der Waals surface area contributed by atoms with E-state index in [4.69, 9.17) is 10.2 Å². The molecule has 0 aliphatic rings. The standard InChI is InChI=1S/C18H20O2.2C3H6O2/c1-3-17(13-5-9-15(19)10-6-13)18(4-2)14-7-11-16(20)12-8-14;2*1-2-3(4)5/h5-12,19-20H,3-4H2,1-2H3;2*2H2,1H3,(H,4,5)/b18-17+;;. The van der Waals surface area contributed by atoms with Crippen molar-refractivity contribution in [3.63, 3.8) is 0 Å². The van der Waals surface area contributed by atoms with Crippen molar-refractivity contribution < 1.29 is 30.0 Å². The van der Waals surface area contributed by atoms with E-state index in [0.29, 0.717) is 0 Å². The fourth-order valence-corrected chi connectivity index (χ4v) is 2.51. The van der Waals surface area contributed by atoms with Crippen LogP contribution >= 0.6 is 0 Å². The number of benzene rings is 2. The van der Waals surface area contributed by atoms with E-state index >= 15 is 0 Å². The first-order valence-electron chi connectivity index (χ1n) is 9.94. The number of aliphatic carboxylic acids is 2. The Hall–Kier alpha value is -3.28. The normalized spacial score (nSPS) is 10.5. The predicted octanol–water partition coefficient (Wildman–Crippen LogP) is 5.79. The van der Waals surface area contributed by atoms with E-state index < -0.39 is 11.9 Å². The third-order valence-corrected chi connectivity index (χ3v) is 4.11. The van der Waals surface area contributed by atoms with Crippen LogP contribution in [0.1, 0.15) is 64.5 Å². The molecule has 0 aliphatic heterocycles. The number of aromatic hydroxyl groups is 2. The topological polar surface area (TPSA) is 115 Å². The summed E-state index contributed by atoms with van der Waals surface area (Å²) in [6, 6.07) is 14.7. The van der Waals surface area contributed by atoms with Crippen LogP contribution in [0.2, 0.25) is 0 Å². The molecule has 2 rings (SSSR count). The zero-order valence-electron chi connectivity index (χ0n) is 18.1. The molecule has 0 unspecified atom stereocenters. The molecule has 0 fully saturated rings. The van der Waals surface area contributed by atoms with Gasteiger partial charge in [0.15, 0.2) is 0 Å². The second-order valence-corrected chi connectivity index (χ2v) is 6.25. The molecular weight excluding hydrogens is 384 g/mol. The predicted molar refractivity (Wildman–Crippen MR) is 119 cm³/mol. The van der Waals surface area contributed by atoms with E-state index in [1.165, 1.54) is 11.1 Å². The molecule has 0 spiro atoms. The van der Waals surface area contributed by atoms with Crippen molar-refractivity contribution in [1.82, 2.24) is 0 Å². The summed E-state index contributed by atoms with van der Waals surface area (Å²) in [4.78, 5) is 18.7. The molecule has 2 aromatic rings. The molecule has 164 valence electrons. The van der Waals surface area contributed by atoms with Gasteiger partial charge >= 0.3 is 11.9 Å². The SMILES string of the molecule is CC/C(=C(/CC)c1ccc(O)cc1)c1ccc(O)cc1.CCC(=O)O.CCC(=O)O. The Morgan fingerprint density at radius 1 is 0.567 bits per heavy atom. The summed E-state index contributed by atoms with van der Waals surface area (Å²) in [5.41, 5.74) is 4.82. The smallest absolute Gasteiger partial charge is 0.303 e. The van der Waals surface area contributed by atoms with Crippen molar-refractivity contribution in [3.05, 3.63) is 59.7 Å². The molecule has 0 amide bonds. The van der Waals surface area contributed by atoms with Crippen LogP contribution in [0, 0.1) is 0 Å². The molecule has 0 radical (unpaired) electrons. The van der Waals surface area contributed by atoms with Crippen molar-refractivity contribution >= 4 is 23.1 Å². The van der Waals surface area contributed by atoms with Crippen molar-refractivity contribution in [2.45, 2.75) is 53.4 Å². The van der Waals surface area contributed by atoms with Gasteiger partial charge in [0, 0.05) is 12.8 Å². The molecule has 0 bridgehead atoms. The van der Waals surface area contributed by atoms with Crippen LogP contribution in [0.25, 0.3) is 11.1 Å². The molecular formula is C24H32O6. The number of phenols is 2. The molecule has 6 heteroatoms. The Morgan fingerprint density at radius 2 is 0.800 bits per heavy atom. The maximum absolute atomic E-state index is 9.41. The summed E-state index contributed by atoms with van der Waals surface area (Å²) in [6.45, 7) is 7.47. The lowest BCUT2D eigenvalue weighted by atomic mass is 9.91. The van der Waals surface area contributed by atoms with Gasteiger partial charge in [0.2, 0.25) is 0 Å². The highest BCUT2D eigenvalue weighted by molar-refractivity contribution is 5.90. The van der Waals surface area contributed by atoms with Crippen LogP contribution in [0.4, 0.5) is 0 Å². The zero-order chi connectivity index (χ0) is 23.1. The minimum atomic E-state index is -0.745. The first kappa shape index (κ1) is 26.7. The molecule has 6 nitrogen and oxygen atoms in total. The highest BCUT2D eigenvalue weighted by Crippen LogP contribution is 2.32. The molecule has 4 N–H and O–H groups in total. The molecule has 0 atom stereocenters. The first-order valence-corrected chi connectivity index (χ1v) is 9.94. The number of carbonyl (C=O) groups is 2. The van der Waals surface area contributed by atoms with Gasteiger partial charge in [0.25, 0.3) is 0 Å². The van der Waals surface area contributed by atoms with Crippen molar-refractivity contribution in [2.75, 3.05) is 0 Å². The van der Waals surface area contributed by atoms with Gasteiger partial charge in [-0.1, -0.05) is 52.0 Å². The highest BCUT2D eigenvalue weighted by Gasteiger charge is 2.09. The molecule has 0 aliphatic carbocycles. The van der Waals surface area contributed by atoms with Crippen LogP contribution < -0.4 is 0 Å². The third-order valence-electron chi connectivity index (χ3n) is 4.11. The van der Waals surface area contributed by atoms with E-state index in [-0.39, 0.29) is 24.3 Å². The fraction of sp³-hybridized carbons (Fsp3) is 0.333. The minimum absolute atomic E-state index is 0.222. The fourth-order valence-electron chi connectivity index (χ4n) is 2.51. The number of phenolic OH excluding ortho intramolecular Hbond substituents is 2. The van der Waals surface area contributed by atoms with Gasteiger partial charge < -0.3 is 20.4 Å². The highest BCUT2D eigenvalue weighted by atomic mass is 16.4. The Morgan fingerprint density at radius 3 is 0.967 bits per heavy atom. The number of rotatable bonds is 6. The summed E-state index contributed by atoms with van der Waals surface area (Å²) in [7, 11) is 0. The maximum Gasteiger partial charge on any atom is 0.303 e. The number of carboxylic acids is 2. The summed E-state index contributed by atoms with van der Waals surface area (Å²) >= 11 is 0. The molecule has 0 saturated carbocycles. The van der Waals surface area contributed by atoms with Gasteiger partial charge in [0.05, 0.1) is 0 Å². The number of hydrogen-bond acceptors (Lipinski definition) is 4. The first-order chi connectivity index (χ1) is 14.2. The third kappa shape index (κ3) is 10.3. The minimum Gasteiger partial charge on any atom is -0.508 e. The van der Waals surface area contributed by atoms with E-state index in [9.17, 15) is 19.8 Å². The van der Waals surface area contributed by atoms with E-state index in [2.05, 4.69) is 13.8 Å². The Labute approximate surface area is 178 Å². The Kier molecular flexibility index (Phi) is 13.1. The van der Waals surface area contributed by atoms with E-state index in [0.717, 1.165) is 24.0 Å². The summed E-state index contributed by atoms with van der Waals surface area (Å²) < 4.78 is 0. The van der Waals surface area contributed by atoms with Crippen molar-refractivity contribution in [2.24, 2.45) is 0 Å². The monoisotopic (exact) mass is 416 g/mol. The largest absolute Gasteiger partial charge is 0.508 e. The van der Waals surface area contributed by atoms with Crippen molar-refractivity contribution in [1.29, 1.82) is 0 Å². The number of hydrogen-bond donors (Lipinski definition) is 4. The average Bonchev–Trinajstić information content (AvgIpc) is 2.74. The Bertz CT molecular complexity index is 735. The lowest BCUT2D eigenvalue weighted by Crippen LogP contribution is -1.91. The van der Waals surface area contributed by atoms with Crippen LogP contribution in [0.15, 0.2) is 48.5 Å². The number of carboxylic acid groups (broad SMARTS) is 2. The van der Waals surface area contributed by atoms with Gasteiger partial charge in [-0.15, -0.1) is 0 Å². The molecule has 0 aromatic heterocycles. The van der Waals surface area contributed by atoms with Gasteiger partial charge in [0.1, 0.15) is 11.5 Å². The van der Waals surface area contributed by atoms with Crippen LogP contribution in [0.5, 0.6) is 11.5 Å². The summed E-state index contributed by atoms with van der Waals surface area (Å²) in [5, 5.41) is 34.3. The lowest BCUT2D eigenvalue weighted by Gasteiger charge is -2.14.